The van der Waals surface area contributed by atoms with Gasteiger partial charge in [-0.15, -0.1) is 0 Å². The fraction of sp³-hybridized carbons (Fsp3) is 0.250. The van der Waals surface area contributed by atoms with Gasteiger partial charge in [-0.25, -0.2) is 0 Å². The zero-order chi connectivity index (χ0) is 9.26. The van der Waals surface area contributed by atoms with Crippen LogP contribution in [0, 0.1) is 6.07 Å². The molecule has 5 heteroatoms. The first-order chi connectivity index (χ1) is 6.25. The molecule has 0 saturated carbocycles. The molecule has 1 aromatic rings. The van der Waals surface area contributed by atoms with Gasteiger partial charge in [-0.05, 0) is 6.07 Å². The van der Waals surface area contributed by atoms with Crippen molar-refractivity contribution in [1.82, 2.24) is 0 Å². The summed E-state index contributed by atoms with van der Waals surface area (Å²) in [6, 6.07) is 5.21. The topological polar surface area (TPSA) is 27.7 Å². The van der Waals surface area contributed by atoms with Crippen molar-refractivity contribution in [3.8, 4) is 17.2 Å². The van der Waals surface area contributed by atoms with Crippen LogP contribution in [0.4, 0.5) is 8.78 Å². The van der Waals surface area contributed by atoms with E-state index in [2.05, 4.69) is 10.8 Å². The predicted octanol–water partition coefficient (Wildman–Crippen LogP) is 1.82. The molecule has 13 heavy (non-hydrogen) atoms. The van der Waals surface area contributed by atoms with Crippen LogP contribution >= 0.6 is 0 Å². The molecule has 1 aromatic carbocycles. The molecule has 1 heterocycles. The smallest absolute Gasteiger partial charge is 0.387 e. The first-order valence-electron chi connectivity index (χ1n) is 3.52. The van der Waals surface area contributed by atoms with Gasteiger partial charge in [0.05, 0.1) is 0 Å². The molecule has 0 spiro atoms. The fourth-order valence-electron chi connectivity index (χ4n) is 0.986. The van der Waals surface area contributed by atoms with Crippen LogP contribution in [-0.4, -0.2) is 13.4 Å². The van der Waals surface area contributed by atoms with Crippen molar-refractivity contribution in [2.45, 2.75) is 6.61 Å². The molecule has 0 fully saturated rings. The van der Waals surface area contributed by atoms with Crippen LogP contribution in [0.3, 0.4) is 0 Å². The SMILES string of the molecule is FC(F)Oc1[c]cc2c(c1)OCO2. The minimum absolute atomic E-state index is 0.0562. The van der Waals surface area contributed by atoms with Gasteiger partial charge in [0, 0.05) is 12.1 Å². The minimum Gasteiger partial charge on any atom is -0.454 e. The molecule has 1 aliphatic rings. The number of halogens is 2. The molecule has 0 N–H and O–H groups in total. The van der Waals surface area contributed by atoms with Crippen LogP contribution in [0.5, 0.6) is 17.2 Å². The second-order valence-corrected chi connectivity index (χ2v) is 2.31. The number of benzene rings is 1. The predicted molar refractivity (Wildman–Crippen MR) is 38.0 cm³/mol. The molecule has 1 aliphatic heterocycles. The van der Waals surface area contributed by atoms with E-state index in [0.717, 1.165) is 0 Å². The van der Waals surface area contributed by atoms with Crippen LogP contribution in [0.2, 0.25) is 0 Å². The number of rotatable bonds is 2. The Labute approximate surface area is 72.8 Å². The van der Waals surface area contributed by atoms with Gasteiger partial charge in [0.15, 0.2) is 11.5 Å². The lowest BCUT2D eigenvalue weighted by atomic mass is 10.3. The highest BCUT2D eigenvalue weighted by Crippen LogP contribution is 2.35. The summed E-state index contributed by atoms with van der Waals surface area (Å²) in [5.41, 5.74) is 0. The van der Waals surface area contributed by atoms with Crippen molar-refractivity contribution >= 4 is 0 Å². The first kappa shape index (κ1) is 8.10. The van der Waals surface area contributed by atoms with Gasteiger partial charge in [0.25, 0.3) is 0 Å². The molecule has 3 nitrogen and oxygen atoms in total. The molecule has 0 amide bonds. The third-order valence-corrected chi connectivity index (χ3v) is 1.50. The summed E-state index contributed by atoms with van der Waals surface area (Å²) in [4.78, 5) is 0. The lowest BCUT2D eigenvalue weighted by Crippen LogP contribution is -2.01. The highest BCUT2D eigenvalue weighted by Gasteiger charge is 2.15. The Morgan fingerprint density at radius 1 is 1.38 bits per heavy atom. The number of hydrogen-bond donors (Lipinski definition) is 0. The molecule has 69 valence electrons. The van der Waals surface area contributed by atoms with Crippen LogP contribution in [0.1, 0.15) is 0 Å². The summed E-state index contributed by atoms with van der Waals surface area (Å²) in [6.07, 6.45) is 0. The van der Waals surface area contributed by atoms with Gasteiger partial charge in [0.1, 0.15) is 5.75 Å². The number of ether oxygens (including phenoxy) is 3. The molecule has 1 radical (unpaired) electrons. The maximum absolute atomic E-state index is 11.8. The molecule has 0 aromatic heterocycles. The maximum atomic E-state index is 11.8. The van der Waals surface area contributed by atoms with Gasteiger partial charge in [-0.1, -0.05) is 0 Å². The Kier molecular flexibility index (Phi) is 1.92. The van der Waals surface area contributed by atoms with E-state index in [4.69, 9.17) is 9.47 Å². The molecule has 0 unspecified atom stereocenters. The first-order valence-corrected chi connectivity index (χ1v) is 3.52. The average molecular weight is 187 g/mol. The second kappa shape index (κ2) is 3.08. The Morgan fingerprint density at radius 3 is 2.92 bits per heavy atom. The zero-order valence-corrected chi connectivity index (χ0v) is 6.42. The third-order valence-electron chi connectivity index (χ3n) is 1.50. The van der Waals surface area contributed by atoms with Gasteiger partial charge < -0.3 is 14.2 Å². The largest absolute Gasteiger partial charge is 0.454 e. The van der Waals surface area contributed by atoms with Crippen LogP contribution in [0.25, 0.3) is 0 Å². The summed E-state index contributed by atoms with van der Waals surface area (Å²) in [7, 11) is 0. The van der Waals surface area contributed by atoms with E-state index in [1.54, 1.807) is 0 Å². The van der Waals surface area contributed by atoms with E-state index < -0.39 is 6.61 Å². The van der Waals surface area contributed by atoms with Crippen molar-refractivity contribution in [2.24, 2.45) is 0 Å². The van der Waals surface area contributed by atoms with Crippen molar-refractivity contribution < 1.29 is 23.0 Å². The molecule has 2 rings (SSSR count). The van der Waals surface area contributed by atoms with E-state index in [9.17, 15) is 8.78 Å². The van der Waals surface area contributed by atoms with E-state index in [0.29, 0.717) is 11.5 Å². The summed E-state index contributed by atoms with van der Waals surface area (Å²) in [5, 5.41) is 0. The lowest BCUT2D eigenvalue weighted by molar-refractivity contribution is -0.0500. The summed E-state index contributed by atoms with van der Waals surface area (Å²) < 4.78 is 37.5. The van der Waals surface area contributed by atoms with Crippen LogP contribution in [0.15, 0.2) is 12.1 Å². The maximum Gasteiger partial charge on any atom is 0.387 e. The van der Waals surface area contributed by atoms with Gasteiger partial charge in [-0.2, -0.15) is 8.78 Å². The van der Waals surface area contributed by atoms with E-state index in [-0.39, 0.29) is 12.5 Å². The summed E-state index contributed by atoms with van der Waals surface area (Å²) in [5.74, 6) is 0.829. The third kappa shape index (κ3) is 1.63. The van der Waals surface area contributed by atoms with Crippen LogP contribution in [-0.2, 0) is 0 Å². The summed E-state index contributed by atoms with van der Waals surface area (Å²) in [6.45, 7) is -2.75. The number of hydrogen-bond acceptors (Lipinski definition) is 3. The second-order valence-electron chi connectivity index (χ2n) is 2.31. The van der Waals surface area contributed by atoms with Gasteiger partial charge in [-0.3, -0.25) is 0 Å². The molecular formula is C8H5F2O3. The van der Waals surface area contributed by atoms with Crippen LogP contribution < -0.4 is 14.2 Å². The Hall–Kier alpha value is -1.52. The van der Waals surface area contributed by atoms with Crippen molar-refractivity contribution in [3.05, 3.63) is 18.2 Å². The highest BCUT2D eigenvalue weighted by atomic mass is 19.3. The van der Waals surface area contributed by atoms with Crippen molar-refractivity contribution in [3.63, 3.8) is 0 Å². The Bertz CT molecular complexity index is 314. The normalized spacial score (nSPS) is 13.5. The molecular weight excluding hydrogens is 182 g/mol. The number of fused-ring (bicyclic) bond motifs is 1. The lowest BCUT2D eigenvalue weighted by Gasteiger charge is -2.03. The average Bonchev–Trinajstić information content (AvgIpc) is 2.49. The standard InChI is InChI=1S/C8H5F2O3/c9-8(10)13-5-1-2-6-7(3-5)12-4-11-6/h2-3,8H,4H2. The van der Waals surface area contributed by atoms with Crippen molar-refractivity contribution in [2.75, 3.05) is 6.79 Å². The van der Waals surface area contributed by atoms with Crippen molar-refractivity contribution in [1.29, 1.82) is 0 Å². The Balaban J connectivity index is 2.21. The molecule has 0 saturated heterocycles. The quantitative estimate of drug-likeness (QED) is 0.706. The van der Waals surface area contributed by atoms with E-state index >= 15 is 0 Å². The minimum atomic E-state index is -2.85. The molecule has 0 bridgehead atoms. The summed E-state index contributed by atoms with van der Waals surface area (Å²) >= 11 is 0. The molecule has 0 aliphatic carbocycles. The van der Waals surface area contributed by atoms with Gasteiger partial charge >= 0.3 is 6.61 Å². The zero-order valence-electron chi connectivity index (χ0n) is 6.42. The highest BCUT2D eigenvalue weighted by molar-refractivity contribution is 5.46. The van der Waals surface area contributed by atoms with E-state index in [1.807, 2.05) is 0 Å². The van der Waals surface area contributed by atoms with Gasteiger partial charge in [0.2, 0.25) is 6.79 Å². The Morgan fingerprint density at radius 2 is 2.15 bits per heavy atom. The monoisotopic (exact) mass is 187 g/mol. The molecule has 0 atom stereocenters. The van der Waals surface area contributed by atoms with E-state index in [1.165, 1.54) is 12.1 Å². The number of alkyl halides is 2. The fourth-order valence-corrected chi connectivity index (χ4v) is 0.986.